The Balaban J connectivity index is 1.52. The minimum Gasteiger partial charge on any atom is -0.393 e. The van der Waals surface area contributed by atoms with Crippen LogP contribution < -0.4 is 0 Å². The second-order valence-electron chi connectivity index (χ2n) is 14.5. The molecule has 1 fully saturated rings. The van der Waals surface area contributed by atoms with E-state index in [2.05, 4.69) is 148 Å². The topological polar surface area (TPSA) is 49.7 Å². The lowest BCUT2D eigenvalue weighted by Crippen LogP contribution is -2.45. The molecule has 0 aromatic heterocycles. The Morgan fingerprint density at radius 3 is 1.86 bits per heavy atom. The highest BCUT2D eigenvalue weighted by Gasteiger charge is 2.50. The van der Waals surface area contributed by atoms with Crippen LogP contribution in [0.1, 0.15) is 94.9 Å². The van der Waals surface area contributed by atoms with E-state index in [1.54, 1.807) is 0 Å². The van der Waals surface area contributed by atoms with E-state index in [1.807, 2.05) is 0 Å². The van der Waals surface area contributed by atoms with E-state index in [9.17, 15) is 10.2 Å². The minimum absolute atomic E-state index is 0.00171. The predicted molar refractivity (Wildman–Crippen MR) is 184 cm³/mol. The summed E-state index contributed by atoms with van der Waals surface area (Å²) in [6.07, 6.45) is 30.2. The highest BCUT2D eigenvalue weighted by molar-refractivity contribution is 5.39. The van der Waals surface area contributed by atoms with Gasteiger partial charge in [-0.2, -0.15) is 0 Å². The van der Waals surface area contributed by atoms with Crippen LogP contribution in [0.2, 0.25) is 0 Å². The zero-order valence-corrected chi connectivity index (χ0v) is 28.4. The number of hydrogen-bond acceptors (Lipinski definition) is 3. The van der Waals surface area contributed by atoms with Crippen molar-refractivity contribution in [3.63, 3.8) is 0 Å². The van der Waals surface area contributed by atoms with Crippen molar-refractivity contribution in [2.75, 3.05) is 0 Å². The van der Waals surface area contributed by atoms with E-state index in [-0.39, 0.29) is 34.7 Å². The molecule has 3 nitrogen and oxygen atoms in total. The molecule has 0 unspecified atom stereocenters. The summed E-state index contributed by atoms with van der Waals surface area (Å²) in [6, 6.07) is 0. The van der Waals surface area contributed by atoms with Gasteiger partial charge in [-0.3, -0.25) is 0 Å². The highest BCUT2D eigenvalue weighted by atomic mass is 16.5. The third-order valence-corrected chi connectivity index (χ3v) is 9.08. The van der Waals surface area contributed by atoms with Gasteiger partial charge in [0.25, 0.3) is 0 Å². The van der Waals surface area contributed by atoms with Gasteiger partial charge < -0.3 is 14.9 Å². The summed E-state index contributed by atoms with van der Waals surface area (Å²) < 4.78 is 6.46. The molecule has 234 valence electrons. The van der Waals surface area contributed by atoms with Gasteiger partial charge in [-0.1, -0.05) is 123 Å². The van der Waals surface area contributed by atoms with Crippen LogP contribution in [0.5, 0.6) is 0 Å². The number of fused-ring (bicyclic) bond motifs is 1. The molecule has 0 aromatic rings. The fourth-order valence-electron chi connectivity index (χ4n) is 7.02. The quantitative estimate of drug-likeness (QED) is 0.209. The van der Waals surface area contributed by atoms with Crippen LogP contribution in [0.25, 0.3) is 0 Å². The normalized spacial score (nSPS) is 30.8. The van der Waals surface area contributed by atoms with Gasteiger partial charge in [0, 0.05) is 6.42 Å². The van der Waals surface area contributed by atoms with Crippen molar-refractivity contribution < 1.29 is 14.9 Å². The van der Waals surface area contributed by atoms with E-state index < -0.39 is 0 Å². The van der Waals surface area contributed by atoms with Crippen LogP contribution in [-0.4, -0.2) is 34.1 Å². The first-order valence-electron chi connectivity index (χ1n) is 15.9. The van der Waals surface area contributed by atoms with Gasteiger partial charge in [0.15, 0.2) is 0 Å². The van der Waals surface area contributed by atoms with Crippen molar-refractivity contribution >= 4 is 0 Å². The summed E-state index contributed by atoms with van der Waals surface area (Å²) in [5.41, 5.74) is 8.25. The number of aliphatic hydroxyl groups is 2. The van der Waals surface area contributed by atoms with Crippen LogP contribution in [0.15, 0.2) is 118 Å². The fraction of sp³-hybridized carbons (Fsp3) is 0.500. The molecular formula is C40H56O3. The highest BCUT2D eigenvalue weighted by Crippen LogP contribution is 2.52. The summed E-state index contributed by atoms with van der Waals surface area (Å²) in [6.45, 7) is 21.6. The Hall–Kier alpha value is -2.72. The standard InChI is InChI=1S/C40H56O3/c1-28(17-13-18-30(3)21-22-35-32(5)23-33(41)25-38(35,6)7)15-11-12-16-29(2)19-14-20-31(4)36-24-37-39(8,9)26-34(42)27-40(37,10)43-36/h11-22,24,33-34,36,41-42H,23,25-27H2,1-10H3/b12-11+,17-13+,19-14+,22-21+,28-15-,29-16-,30-18-,31-20-/t33-,34-,36+,40+/m0/s1. The molecule has 0 radical (unpaired) electrons. The third-order valence-electron chi connectivity index (χ3n) is 9.08. The van der Waals surface area contributed by atoms with Crippen LogP contribution in [0.3, 0.4) is 0 Å². The lowest BCUT2D eigenvalue weighted by molar-refractivity contribution is -0.0683. The molecule has 1 heterocycles. The Bertz CT molecular complexity index is 1330. The number of aliphatic hydroxyl groups excluding tert-OH is 2. The first-order valence-corrected chi connectivity index (χ1v) is 15.9. The Kier molecular flexibility index (Phi) is 11.6. The molecule has 2 N–H and O–H groups in total. The van der Waals surface area contributed by atoms with Gasteiger partial charge in [0.05, 0.1) is 23.9 Å². The van der Waals surface area contributed by atoms with Gasteiger partial charge in [-0.15, -0.1) is 0 Å². The molecule has 0 amide bonds. The summed E-state index contributed by atoms with van der Waals surface area (Å²) >= 11 is 0. The zero-order chi connectivity index (χ0) is 32.0. The summed E-state index contributed by atoms with van der Waals surface area (Å²) in [7, 11) is 0. The Morgan fingerprint density at radius 1 is 0.721 bits per heavy atom. The molecule has 0 spiro atoms. The molecule has 2 aliphatic carbocycles. The number of ether oxygens (including phenoxy) is 1. The predicted octanol–water partition coefficient (Wildman–Crippen LogP) is 9.76. The molecular weight excluding hydrogens is 528 g/mol. The second-order valence-corrected chi connectivity index (χ2v) is 14.5. The number of allylic oxidation sites excluding steroid dienone is 16. The molecule has 3 rings (SSSR count). The average Bonchev–Trinajstić information content (AvgIpc) is 3.23. The van der Waals surface area contributed by atoms with Gasteiger partial charge in [0.2, 0.25) is 0 Å². The Morgan fingerprint density at radius 2 is 1.26 bits per heavy atom. The molecule has 0 saturated heterocycles. The van der Waals surface area contributed by atoms with Crippen molar-refractivity contribution in [3.8, 4) is 0 Å². The van der Waals surface area contributed by atoms with Crippen LogP contribution >= 0.6 is 0 Å². The van der Waals surface area contributed by atoms with Gasteiger partial charge in [-0.25, -0.2) is 0 Å². The van der Waals surface area contributed by atoms with Crippen LogP contribution in [-0.2, 0) is 4.74 Å². The smallest absolute Gasteiger partial charge is 0.0982 e. The van der Waals surface area contributed by atoms with Crippen molar-refractivity contribution in [2.24, 2.45) is 10.8 Å². The monoisotopic (exact) mass is 584 g/mol. The molecule has 1 aliphatic heterocycles. The van der Waals surface area contributed by atoms with E-state index in [0.29, 0.717) is 6.42 Å². The lowest BCUT2D eigenvalue weighted by atomic mass is 9.65. The second kappa shape index (κ2) is 14.4. The Labute approximate surface area is 262 Å². The maximum atomic E-state index is 10.4. The number of hydrogen-bond donors (Lipinski definition) is 2. The minimum atomic E-state index is -0.381. The van der Waals surface area contributed by atoms with E-state index in [0.717, 1.165) is 19.3 Å². The van der Waals surface area contributed by atoms with Crippen molar-refractivity contribution in [1.29, 1.82) is 0 Å². The first kappa shape index (κ1) is 34.8. The maximum absolute atomic E-state index is 10.4. The summed E-state index contributed by atoms with van der Waals surface area (Å²) in [5, 5.41) is 20.5. The van der Waals surface area contributed by atoms with E-state index in [4.69, 9.17) is 4.74 Å². The molecule has 0 aromatic carbocycles. The average molecular weight is 585 g/mol. The van der Waals surface area contributed by atoms with E-state index >= 15 is 0 Å². The van der Waals surface area contributed by atoms with Gasteiger partial charge in [0.1, 0.15) is 0 Å². The van der Waals surface area contributed by atoms with Gasteiger partial charge in [-0.05, 0) is 94.4 Å². The summed E-state index contributed by atoms with van der Waals surface area (Å²) in [4.78, 5) is 0. The molecule has 3 heteroatoms. The maximum Gasteiger partial charge on any atom is 0.0982 e. The zero-order valence-electron chi connectivity index (χ0n) is 28.4. The SMILES string of the molecule is CC1=C(/C=C/C(C)=C\C=C\C(C)=C/C=C/C=C(C)\C=C\C=C(\C)[C@H]2C=C3C(C)(C)C[C@H](O)C[C@@]3(C)O2)C(C)(C)C[C@@H](O)C1. The fourth-order valence-corrected chi connectivity index (χ4v) is 7.02. The summed E-state index contributed by atoms with van der Waals surface area (Å²) in [5.74, 6) is 0. The van der Waals surface area contributed by atoms with Gasteiger partial charge >= 0.3 is 0 Å². The van der Waals surface area contributed by atoms with Crippen molar-refractivity contribution in [1.82, 2.24) is 0 Å². The van der Waals surface area contributed by atoms with Crippen LogP contribution in [0, 0.1) is 10.8 Å². The molecule has 43 heavy (non-hydrogen) atoms. The van der Waals surface area contributed by atoms with Crippen molar-refractivity contribution in [3.05, 3.63) is 118 Å². The molecule has 3 aliphatic rings. The molecule has 0 bridgehead atoms. The largest absolute Gasteiger partial charge is 0.393 e. The first-order chi connectivity index (χ1) is 20.0. The van der Waals surface area contributed by atoms with Crippen LogP contribution in [0.4, 0.5) is 0 Å². The van der Waals surface area contributed by atoms with E-state index in [1.165, 1.54) is 39.0 Å². The number of rotatable bonds is 9. The van der Waals surface area contributed by atoms with Crippen molar-refractivity contribution in [2.45, 2.75) is 119 Å². The lowest BCUT2D eigenvalue weighted by Gasteiger charge is -2.44. The molecule has 4 atom stereocenters. The molecule has 1 saturated carbocycles. The third kappa shape index (κ3) is 9.63.